The van der Waals surface area contributed by atoms with Crippen molar-refractivity contribution in [3.63, 3.8) is 0 Å². The number of sulfonamides is 1. The number of aryl methyl sites for hydroxylation is 1. The molecule has 8 heteroatoms. The Kier molecular flexibility index (Phi) is 7.00. The van der Waals surface area contributed by atoms with Gasteiger partial charge in [0, 0.05) is 31.0 Å². The summed E-state index contributed by atoms with van der Waals surface area (Å²) in [6, 6.07) is 18.6. The highest BCUT2D eigenvalue weighted by atomic mass is 32.2. The Labute approximate surface area is 182 Å². The Morgan fingerprint density at radius 3 is 2.48 bits per heavy atom. The number of carbonyl (C=O) groups is 1. The van der Waals surface area contributed by atoms with Crippen LogP contribution in [0.15, 0.2) is 78.0 Å². The molecule has 0 saturated heterocycles. The number of nitriles is 1. The van der Waals surface area contributed by atoms with Crippen molar-refractivity contribution >= 4 is 21.6 Å². The highest BCUT2D eigenvalue weighted by molar-refractivity contribution is 7.92. The van der Waals surface area contributed by atoms with Gasteiger partial charge in [-0.3, -0.25) is 14.5 Å². The van der Waals surface area contributed by atoms with Gasteiger partial charge in [-0.05, 0) is 54.4 Å². The molecule has 2 aromatic carbocycles. The number of amides is 1. The molecule has 1 amide bonds. The van der Waals surface area contributed by atoms with E-state index in [9.17, 15) is 13.2 Å². The number of nitrogens with one attached hydrogen (secondary N) is 1. The highest BCUT2D eigenvalue weighted by Crippen LogP contribution is 2.20. The molecule has 31 heavy (non-hydrogen) atoms. The first kappa shape index (κ1) is 22.0. The van der Waals surface area contributed by atoms with Gasteiger partial charge >= 0.3 is 0 Å². The molecule has 0 aliphatic carbocycles. The van der Waals surface area contributed by atoms with E-state index in [1.165, 1.54) is 24.3 Å². The predicted molar refractivity (Wildman–Crippen MR) is 118 cm³/mol. The fourth-order valence-electron chi connectivity index (χ4n) is 3.00. The molecule has 0 unspecified atom stereocenters. The maximum Gasteiger partial charge on any atom is 0.261 e. The molecule has 0 fully saturated rings. The molecule has 1 aromatic heterocycles. The molecule has 1 heterocycles. The molecule has 0 aliphatic rings. The van der Waals surface area contributed by atoms with Crippen molar-refractivity contribution in [2.75, 3.05) is 11.3 Å². The lowest BCUT2D eigenvalue weighted by atomic mass is 10.1. The molecular weight excluding hydrogens is 412 g/mol. The first-order chi connectivity index (χ1) is 14.9. The largest absolute Gasteiger partial charge is 0.333 e. The number of nitrogens with zero attached hydrogens (tertiary/aromatic N) is 3. The first-order valence-electron chi connectivity index (χ1n) is 9.64. The Hall–Kier alpha value is -3.70. The summed E-state index contributed by atoms with van der Waals surface area (Å²) in [5.74, 6) is -0.282. The van der Waals surface area contributed by atoms with Crippen LogP contribution in [0.4, 0.5) is 5.69 Å². The van der Waals surface area contributed by atoms with Crippen LogP contribution in [0.5, 0.6) is 0 Å². The van der Waals surface area contributed by atoms with E-state index in [4.69, 9.17) is 5.26 Å². The van der Waals surface area contributed by atoms with E-state index < -0.39 is 10.0 Å². The van der Waals surface area contributed by atoms with E-state index in [0.717, 1.165) is 11.1 Å². The molecular formula is C23H22N4O3S. The minimum atomic E-state index is -3.79. The Morgan fingerprint density at radius 2 is 1.84 bits per heavy atom. The Bertz CT molecular complexity index is 1190. The van der Waals surface area contributed by atoms with Crippen LogP contribution in [0.1, 0.15) is 27.9 Å². The van der Waals surface area contributed by atoms with E-state index in [1.807, 2.05) is 31.2 Å². The SMILES string of the molecule is Cc1ccccc1NS(=O)(=O)c1ccc(C(=O)N(CCC#N)Cc2cccnc2)cc1. The highest BCUT2D eigenvalue weighted by Gasteiger charge is 2.19. The number of anilines is 1. The zero-order valence-electron chi connectivity index (χ0n) is 17.0. The first-order valence-corrected chi connectivity index (χ1v) is 11.1. The molecule has 0 aliphatic heterocycles. The Balaban J connectivity index is 1.79. The number of para-hydroxylation sites is 1. The second kappa shape index (κ2) is 9.87. The third-order valence-electron chi connectivity index (χ3n) is 4.68. The quantitative estimate of drug-likeness (QED) is 0.582. The summed E-state index contributed by atoms with van der Waals surface area (Å²) in [5.41, 5.74) is 2.50. The molecule has 0 spiro atoms. The molecule has 0 radical (unpaired) electrons. The van der Waals surface area contributed by atoms with Crippen LogP contribution in [0.2, 0.25) is 0 Å². The van der Waals surface area contributed by atoms with Crippen molar-refractivity contribution in [3.05, 3.63) is 89.7 Å². The zero-order valence-corrected chi connectivity index (χ0v) is 17.8. The second-order valence-corrected chi connectivity index (χ2v) is 8.62. The van der Waals surface area contributed by atoms with Crippen molar-refractivity contribution in [3.8, 4) is 6.07 Å². The number of pyridine rings is 1. The smallest absolute Gasteiger partial charge is 0.261 e. The van der Waals surface area contributed by atoms with Crippen LogP contribution in [0, 0.1) is 18.3 Å². The van der Waals surface area contributed by atoms with Gasteiger partial charge in [-0.25, -0.2) is 8.42 Å². The van der Waals surface area contributed by atoms with E-state index in [-0.39, 0.29) is 23.8 Å². The molecule has 1 N–H and O–H groups in total. The number of benzene rings is 2. The Morgan fingerprint density at radius 1 is 1.10 bits per heavy atom. The van der Waals surface area contributed by atoms with Gasteiger partial charge in [0.25, 0.3) is 15.9 Å². The third-order valence-corrected chi connectivity index (χ3v) is 6.06. The summed E-state index contributed by atoms with van der Waals surface area (Å²) in [6.07, 6.45) is 3.51. The third kappa shape index (κ3) is 5.68. The van der Waals surface area contributed by atoms with E-state index >= 15 is 0 Å². The van der Waals surface area contributed by atoms with Crippen LogP contribution < -0.4 is 4.72 Å². The van der Waals surface area contributed by atoms with Crippen molar-refractivity contribution in [2.24, 2.45) is 0 Å². The van der Waals surface area contributed by atoms with Crippen molar-refractivity contribution in [2.45, 2.75) is 24.8 Å². The van der Waals surface area contributed by atoms with Crippen molar-refractivity contribution in [1.82, 2.24) is 9.88 Å². The number of carbonyl (C=O) groups excluding carboxylic acids is 1. The van der Waals surface area contributed by atoms with Crippen LogP contribution in [0.3, 0.4) is 0 Å². The van der Waals surface area contributed by atoms with Gasteiger partial charge in [0.2, 0.25) is 0 Å². The molecule has 7 nitrogen and oxygen atoms in total. The molecule has 0 bridgehead atoms. The van der Waals surface area contributed by atoms with Crippen molar-refractivity contribution in [1.29, 1.82) is 5.26 Å². The molecule has 3 aromatic rings. The summed E-state index contributed by atoms with van der Waals surface area (Å²) in [7, 11) is -3.79. The summed E-state index contributed by atoms with van der Waals surface area (Å²) in [5, 5.41) is 8.93. The van der Waals surface area contributed by atoms with E-state index in [0.29, 0.717) is 17.8 Å². The van der Waals surface area contributed by atoms with Gasteiger partial charge < -0.3 is 4.90 Å². The number of hydrogen-bond acceptors (Lipinski definition) is 5. The lowest BCUT2D eigenvalue weighted by molar-refractivity contribution is 0.0746. The number of rotatable bonds is 8. The lowest BCUT2D eigenvalue weighted by Gasteiger charge is -2.22. The minimum absolute atomic E-state index is 0.0585. The van der Waals surface area contributed by atoms with Gasteiger partial charge in [-0.2, -0.15) is 5.26 Å². The summed E-state index contributed by atoms with van der Waals surface area (Å²) >= 11 is 0. The predicted octanol–water partition coefficient (Wildman–Crippen LogP) is 3.75. The summed E-state index contributed by atoms with van der Waals surface area (Å²) in [6.45, 7) is 2.39. The van der Waals surface area contributed by atoms with Crippen LogP contribution in [0.25, 0.3) is 0 Å². The fraction of sp³-hybridized carbons (Fsp3) is 0.174. The topological polar surface area (TPSA) is 103 Å². The van der Waals surface area contributed by atoms with Gasteiger partial charge in [0.15, 0.2) is 0 Å². The van der Waals surface area contributed by atoms with Crippen molar-refractivity contribution < 1.29 is 13.2 Å². The normalized spacial score (nSPS) is 10.8. The standard InChI is InChI=1S/C23H22N4O3S/c1-18-6-2-3-8-22(18)26-31(29,30)21-11-9-20(10-12-21)23(28)27(15-5-13-24)17-19-7-4-14-25-16-19/h2-4,6-12,14,16,26H,5,15,17H2,1H3. The molecule has 3 rings (SSSR count). The van der Waals surface area contributed by atoms with Gasteiger partial charge in [-0.15, -0.1) is 0 Å². The zero-order chi connectivity index (χ0) is 22.3. The monoisotopic (exact) mass is 434 g/mol. The summed E-state index contributed by atoms with van der Waals surface area (Å²) in [4.78, 5) is 18.6. The molecule has 0 atom stereocenters. The van der Waals surface area contributed by atoms with E-state index in [1.54, 1.807) is 35.5 Å². The lowest BCUT2D eigenvalue weighted by Crippen LogP contribution is -2.31. The van der Waals surface area contributed by atoms with Crippen LogP contribution in [-0.4, -0.2) is 30.8 Å². The average molecular weight is 435 g/mol. The second-order valence-electron chi connectivity index (χ2n) is 6.94. The number of hydrogen-bond donors (Lipinski definition) is 1. The molecule has 0 saturated carbocycles. The number of aromatic nitrogens is 1. The molecule has 158 valence electrons. The maximum atomic E-state index is 13.0. The van der Waals surface area contributed by atoms with Crippen LogP contribution >= 0.6 is 0 Å². The minimum Gasteiger partial charge on any atom is -0.333 e. The van der Waals surface area contributed by atoms with Gasteiger partial charge in [-0.1, -0.05) is 24.3 Å². The van der Waals surface area contributed by atoms with Gasteiger partial charge in [0.05, 0.1) is 23.1 Å². The average Bonchev–Trinajstić information content (AvgIpc) is 2.78. The van der Waals surface area contributed by atoms with Crippen LogP contribution in [-0.2, 0) is 16.6 Å². The maximum absolute atomic E-state index is 13.0. The fourth-order valence-corrected chi connectivity index (χ4v) is 4.13. The summed E-state index contributed by atoms with van der Waals surface area (Å²) < 4.78 is 28.0. The van der Waals surface area contributed by atoms with Gasteiger partial charge in [0.1, 0.15) is 0 Å². The van der Waals surface area contributed by atoms with E-state index in [2.05, 4.69) is 9.71 Å².